The van der Waals surface area contributed by atoms with Gasteiger partial charge in [-0.2, -0.15) is 0 Å². The second kappa shape index (κ2) is 20.4. The van der Waals surface area contributed by atoms with Crippen molar-refractivity contribution in [2.45, 2.75) is 100 Å². The highest BCUT2D eigenvalue weighted by molar-refractivity contribution is 7.12. The SMILES string of the molecule is COC(=O)N[C@H](C(=O)N1C[C@H](F)C[C@H]1c1ncc(-c2ccc3c(c2)OC(c2ccc(C4CC4)s2)n2c-3cc3cc(-c4cnc([C@@H]5C[C@@H](F)CN5C(=O)[C@@H](NC(=O)OC)C5CCOCC5)[nH]4)ccc32)[nH]1)C1CCOCC1. The van der Waals surface area contributed by atoms with E-state index in [-0.39, 0.29) is 49.6 Å². The summed E-state index contributed by atoms with van der Waals surface area (Å²) >= 11 is 1.77. The number of H-pyrrole nitrogens is 2. The van der Waals surface area contributed by atoms with Crippen LogP contribution in [0, 0.1) is 11.8 Å². The number of ether oxygens (including phenoxy) is 5. The number of hydrogen-bond acceptors (Lipinski definition) is 12. The van der Waals surface area contributed by atoms with Gasteiger partial charge in [0.15, 0.2) is 0 Å². The minimum absolute atomic E-state index is 0.0543. The molecule has 2 aromatic carbocycles. The molecule has 18 nitrogen and oxygen atoms in total. The third kappa shape index (κ3) is 9.51. The molecule has 1 unspecified atom stereocenters. The molecule has 75 heavy (non-hydrogen) atoms. The number of alkyl carbamates (subject to hydrolysis) is 2. The number of benzene rings is 2. The number of carbonyl (C=O) groups is 4. The lowest BCUT2D eigenvalue weighted by Gasteiger charge is -2.34. The van der Waals surface area contributed by atoms with Crippen LogP contribution in [-0.2, 0) is 28.5 Å². The number of halogens is 2. The largest absolute Gasteiger partial charge is 0.464 e. The molecule has 5 fully saturated rings. The van der Waals surface area contributed by atoms with E-state index in [0.717, 1.165) is 38.2 Å². The number of aromatic amines is 2. The predicted molar refractivity (Wildman–Crippen MR) is 271 cm³/mol. The fourth-order valence-electron chi connectivity index (χ4n) is 11.8. The average Bonchev–Trinajstić information content (AvgIpc) is 4.14. The zero-order valence-electron chi connectivity index (χ0n) is 41.6. The average molecular weight is 1050 g/mol. The molecule has 5 aliphatic heterocycles. The molecule has 6 aromatic rings. The first-order valence-electron chi connectivity index (χ1n) is 25.9. The van der Waals surface area contributed by atoms with Crippen molar-refractivity contribution in [1.29, 1.82) is 0 Å². The lowest BCUT2D eigenvalue weighted by atomic mass is 9.90. The highest BCUT2D eigenvalue weighted by Gasteiger charge is 2.45. The molecule has 4 saturated heterocycles. The monoisotopic (exact) mass is 1050 g/mol. The summed E-state index contributed by atoms with van der Waals surface area (Å²) in [5.41, 5.74) is 5.81. The van der Waals surface area contributed by atoms with E-state index in [2.05, 4.69) is 55.5 Å². The van der Waals surface area contributed by atoms with E-state index in [1.54, 1.807) is 23.7 Å². The number of rotatable bonds is 12. The Labute approximate surface area is 434 Å². The Hall–Kier alpha value is -6.84. The topological polar surface area (TPSA) is 207 Å². The van der Waals surface area contributed by atoms with Crippen LogP contribution in [0.15, 0.2) is 67.0 Å². The van der Waals surface area contributed by atoms with Crippen molar-refractivity contribution in [2.24, 2.45) is 11.8 Å². The number of imidazole rings is 2. The van der Waals surface area contributed by atoms with E-state index >= 15 is 8.78 Å². The van der Waals surface area contributed by atoms with Gasteiger partial charge in [-0.15, -0.1) is 11.3 Å². The number of hydrogen-bond donors (Lipinski definition) is 4. The minimum atomic E-state index is -1.28. The van der Waals surface area contributed by atoms with Crippen molar-refractivity contribution in [1.82, 2.24) is 44.9 Å². The third-order valence-electron chi connectivity index (χ3n) is 15.9. The maximum Gasteiger partial charge on any atom is 0.407 e. The summed E-state index contributed by atoms with van der Waals surface area (Å²) in [7, 11) is 2.50. The Morgan fingerprint density at radius 3 is 1.77 bits per heavy atom. The second-order valence-electron chi connectivity index (χ2n) is 20.5. The van der Waals surface area contributed by atoms with Gasteiger partial charge in [0.25, 0.3) is 0 Å². The van der Waals surface area contributed by atoms with E-state index in [1.807, 2.05) is 24.3 Å². The van der Waals surface area contributed by atoms with Crippen LogP contribution in [0.4, 0.5) is 18.4 Å². The van der Waals surface area contributed by atoms with Gasteiger partial charge in [-0.1, -0.05) is 12.1 Å². The molecule has 0 radical (unpaired) electrons. The highest BCUT2D eigenvalue weighted by Crippen LogP contribution is 2.50. The Balaban J connectivity index is 0.835. The molecule has 4 N–H and O–H groups in total. The molecule has 7 atom stereocenters. The summed E-state index contributed by atoms with van der Waals surface area (Å²) in [6.45, 7) is 1.59. The predicted octanol–water partition coefficient (Wildman–Crippen LogP) is 8.49. The maximum absolute atomic E-state index is 15.3. The fourth-order valence-corrected chi connectivity index (χ4v) is 13.0. The summed E-state index contributed by atoms with van der Waals surface area (Å²) in [5.74, 6) is 0.982. The second-order valence-corrected chi connectivity index (χ2v) is 21.7. The number of thiophene rings is 1. The Bertz CT molecular complexity index is 3120. The molecular formula is C54H59F2N9O9S. The molecule has 12 rings (SSSR count). The molecule has 1 aliphatic carbocycles. The van der Waals surface area contributed by atoms with Crippen LogP contribution in [0.5, 0.6) is 5.75 Å². The van der Waals surface area contributed by atoms with Gasteiger partial charge < -0.3 is 54.1 Å². The molecule has 394 valence electrons. The summed E-state index contributed by atoms with van der Waals surface area (Å²) in [4.78, 5) is 75.0. The van der Waals surface area contributed by atoms with E-state index in [4.69, 9.17) is 33.7 Å². The van der Waals surface area contributed by atoms with Crippen molar-refractivity contribution in [2.75, 3.05) is 53.7 Å². The van der Waals surface area contributed by atoms with Gasteiger partial charge in [0.1, 0.15) is 41.8 Å². The van der Waals surface area contributed by atoms with Gasteiger partial charge in [0.2, 0.25) is 18.0 Å². The molecule has 9 heterocycles. The Morgan fingerprint density at radius 2 is 1.23 bits per heavy atom. The summed E-state index contributed by atoms with van der Waals surface area (Å²) in [5, 5.41) is 6.41. The number of methoxy groups -OCH3 is 2. The molecule has 0 bridgehead atoms. The first kappa shape index (κ1) is 49.1. The number of nitrogens with one attached hydrogen (secondary N) is 4. The highest BCUT2D eigenvalue weighted by atomic mass is 32.1. The van der Waals surface area contributed by atoms with Crippen molar-refractivity contribution < 1.29 is 51.6 Å². The molecule has 1 saturated carbocycles. The maximum atomic E-state index is 15.3. The summed E-state index contributed by atoms with van der Waals surface area (Å²) < 4.78 is 60.8. The molecule has 4 amide bonds. The smallest absolute Gasteiger partial charge is 0.407 e. The number of nitrogens with zero attached hydrogens (tertiary/aromatic N) is 5. The van der Waals surface area contributed by atoms with Crippen LogP contribution in [0.3, 0.4) is 0 Å². The van der Waals surface area contributed by atoms with Crippen LogP contribution >= 0.6 is 11.3 Å². The molecule has 6 aliphatic rings. The third-order valence-corrected chi connectivity index (χ3v) is 17.2. The minimum Gasteiger partial charge on any atom is -0.464 e. The normalized spacial score (nSPS) is 23.8. The molecule has 0 spiro atoms. The van der Waals surface area contributed by atoms with Gasteiger partial charge in [0, 0.05) is 66.2 Å². The summed E-state index contributed by atoms with van der Waals surface area (Å²) in [6.07, 6.45) is 3.66. The van der Waals surface area contributed by atoms with Crippen molar-refractivity contribution in [3.63, 3.8) is 0 Å². The number of carbonyl (C=O) groups excluding carboxylic acids is 4. The number of aromatic nitrogens is 5. The zero-order valence-corrected chi connectivity index (χ0v) is 42.4. The van der Waals surface area contributed by atoms with Gasteiger partial charge in [-0.05, 0) is 98.7 Å². The Morgan fingerprint density at radius 1 is 0.693 bits per heavy atom. The van der Waals surface area contributed by atoms with Crippen molar-refractivity contribution in [3.05, 3.63) is 88.4 Å². The molecule has 4 aromatic heterocycles. The zero-order chi connectivity index (χ0) is 51.5. The first-order valence-corrected chi connectivity index (χ1v) is 26.7. The van der Waals surface area contributed by atoms with Crippen LogP contribution in [-0.4, -0.2) is 136 Å². The van der Waals surface area contributed by atoms with Gasteiger partial charge in [-0.3, -0.25) is 14.2 Å². The summed E-state index contributed by atoms with van der Waals surface area (Å²) in [6, 6.07) is 15.5. The lowest BCUT2D eigenvalue weighted by molar-refractivity contribution is -0.137. The van der Waals surface area contributed by atoms with E-state index in [9.17, 15) is 19.2 Å². The molecular weight excluding hydrogens is 989 g/mol. The van der Waals surface area contributed by atoms with Crippen molar-refractivity contribution >= 4 is 46.2 Å². The van der Waals surface area contributed by atoms with E-state index in [0.29, 0.717) is 86.8 Å². The number of likely N-dealkylation sites (tertiary alicyclic amines) is 2. The first-order chi connectivity index (χ1) is 36.5. The van der Waals surface area contributed by atoms with Crippen LogP contribution < -0.4 is 15.4 Å². The lowest BCUT2D eigenvalue weighted by Crippen LogP contribution is -2.53. The van der Waals surface area contributed by atoms with Crippen LogP contribution in [0.2, 0.25) is 0 Å². The number of alkyl halides is 2. The van der Waals surface area contributed by atoms with Crippen LogP contribution in [0.1, 0.15) is 97.0 Å². The van der Waals surface area contributed by atoms with Gasteiger partial charge >= 0.3 is 12.2 Å². The molecule has 21 heteroatoms. The quantitative estimate of drug-likeness (QED) is 0.0914. The van der Waals surface area contributed by atoms with Crippen molar-refractivity contribution in [3.8, 4) is 39.5 Å². The van der Waals surface area contributed by atoms with E-state index < -0.39 is 54.9 Å². The van der Waals surface area contributed by atoms with Gasteiger partial charge in [0.05, 0.1) is 79.3 Å². The number of amides is 4. The van der Waals surface area contributed by atoms with E-state index in [1.165, 1.54) is 41.7 Å². The standard InChI is InChI=1S/C54H59F2N9O9S/c1-70-53(68)61-46(29-11-15-72-16-12-29)50(66)63-26-34(55)22-41(63)48-57-24-37(59-48)31-6-8-39-33(19-31)20-40-36-7-5-32(21-43(36)74-52(65(39)40)45-10-9-44(75-45)28-3-4-28)38-25-58-49(60-38)42-23-35(56)27-64(42)51(67)47(62-54(69)71-2)30-13-17-73-18-14-30/h5-10,19-21,24-25,28-30,34-35,41-42,46-47,52H,3-4,11-18,22-23,26-27H2,1-2H3,(H,57,59)(H,58,60)(H,61,68)(H,62,69)/t34-,35-,41+,42+,46+,47+,52?/m1/s1. The van der Waals surface area contributed by atoms with Gasteiger partial charge in [-0.25, -0.2) is 28.3 Å². The van der Waals surface area contributed by atoms with Crippen LogP contribution in [0.25, 0.3) is 44.7 Å². The Kier molecular flexibility index (Phi) is 13.3. The number of fused-ring (bicyclic) bond motifs is 5. The fraction of sp³-hybridized carbons (Fsp3) is 0.481.